The van der Waals surface area contributed by atoms with Crippen LogP contribution in [0.2, 0.25) is 0 Å². The fraction of sp³-hybridized carbons (Fsp3) is 0.538. The third kappa shape index (κ3) is 3.27. The van der Waals surface area contributed by atoms with E-state index < -0.39 is 22.9 Å². The highest BCUT2D eigenvalue weighted by Crippen LogP contribution is 2.22. The van der Waals surface area contributed by atoms with Gasteiger partial charge >= 0.3 is 0 Å². The molecular weight excluding hydrogens is 220 g/mol. The summed E-state index contributed by atoms with van der Waals surface area (Å²) in [6.45, 7) is 10.9. The largest absolute Gasteiger partial charge is 0.508 e. The Morgan fingerprint density at radius 3 is 1.94 bits per heavy atom. The van der Waals surface area contributed by atoms with Crippen LogP contribution < -0.4 is 0 Å². The van der Waals surface area contributed by atoms with E-state index in [0.29, 0.717) is 5.57 Å². The molecule has 0 aromatic carbocycles. The van der Waals surface area contributed by atoms with Crippen molar-refractivity contribution >= 4 is 11.6 Å². The Kier molecular flexibility index (Phi) is 4.83. The van der Waals surface area contributed by atoms with E-state index in [2.05, 4.69) is 6.58 Å². The number of aliphatic hydroxyl groups excluding tert-OH is 1. The van der Waals surface area contributed by atoms with Crippen molar-refractivity contribution in [3.05, 3.63) is 23.5 Å². The highest BCUT2D eigenvalue weighted by atomic mass is 16.3. The van der Waals surface area contributed by atoms with Crippen LogP contribution in [-0.2, 0) is 9.59 Å². The first-order chi connectivity index (χ1) is 7.53. The normalized spacial score (nSPS) is 16.2. The molecular formula is C13H20O4. The number of hydrogen-bond donors (Lipinski definition) is 2. The molecule has 1 atom stereocenters. The number of Topliss-reactive ketones (excluding diaryl/α,β-unsaturated/α-hetero) is 2. The summed E-state index contributed by atoms with van der Waals surface area (Å²) >= 11 is 0. The lowest BCUT2D eigenvalue weighted by Crippen LogP contribution is -2.37. The van der Waals surface area contributed by atoms with Gasteiger partial charge < -0.3 is 10.2 Å². The summed E-state index contributed by atoms with van der Waals surface area (Å²) in [6, 6.07) is 0. The maximum atomic E-state index is 11.9. The quantitative estimate of drug-likeness (QED) is 0.569. The summed E-state index contributed by atoms with van der Waals surface area (Å²) in [4.78, 5) is 23.0. The minimum atomic E-state index is -2.03. The van der Waals surface area contributed by atoms with E-state index in [0.717, 1.165) is 13.8 Å². The average molecular weight is 240 g/mol. The van der Waals surface area contributed by atoms with Crippen molar-refractivity contribution in [3.8, 4) is 0 Å². The molecule has 0 aliphatic rings. The molecule has 2 N–H and O–H groups in total. The minimum absolute atomic E-state index is 0.0519. The third-order valence-corrected chi connectivity index (χ3v) is 2.83. The van der Waals surface area contributed by atoms with Crippen LogP contribution in [0, 0.1) is 5.92 Å². The molecule has 0 unspecified atom stereocenters. The Morgan fingerprint density at radius 2 is 1.65 bits per heavy atom. The second-order valence-electron chi connectivity index (χ2n) is 4.61. The van der Waals surface area contributed by atoms with Gasteiger partial charge in [0.15, 0.2) is 17.2 Å². The predicted molar refractivity (Wildman–Crippen MR) is 65.6 cm³/mol. The zero-order chi connectivity index (χ0) is 14.0. The van der Waals surface area contributed by atoms with Gasteiger partial charge in [0.05, 0.1) is 0 Å². The molecule has 0 spiro atoms. The predicted octanol–water partition coefficient (Wildman–Crippen LogP) is 1.94. The number of allylic oxidation sites excluding steroid dienone is 2. The summed E-state index contributed by atoms with van der Waals surface area (Å²) in [7, 11) is 0. The molecule has 0 aliphatic carbocycles. The summed E-state index contributed by atoms with van der Waals surface area (Å²) in [5.74, 6) is -1.75. The molecule has 0 aliphatic heterocycles. The standard InChI is InChI=1S/C13H20O4/c1-7(2)8(3)11(15)9(4)12(16)13(6,17)10(5)14/h7,16-17H,3H2,1-2,4-6H3/b12-9-/t13-/m1/s1. The molecule has 4 nitrogen and oxygen atoms in total. The van der Waals surface area contributed by atoms with Gasteiger partial charge in [-0.15, -0.1) is 0 Å². The second-order valence-corrected chi connectivity index (χ2v) is 4.61. The van der Waals surface area contributed by atoms with E-state index in [1.54, 1.807) is 13.8 Å². The average Bonchev–Trinajstić information content (AvgIpc) is 2.24. The number of carbonyl (C=O) groups excluding carboxylic acids is 2. The second kappa shape index (κ2) is 5.27. The van der Waals surface area contributed by atoms with Crippen molar-refractivity contribution in [1.29, 1.82) is 0 Å². The highest BCUT2D eigenvalue weighted by Gasteiger charge is 2.34. The lowest BCUT2D eigenvalue weighted by atomic mass is 9.90. The molecule has 0 saturated carbocycles. The number of rotatable bonds is 5. The van der Waals surface area contributed by atoms with Gasteiger partial charge in [-0.3, -0.25) is 9.59 Å². The molecule has 0 bridgehead atoms. The van der Waals surface area contributed by atoms with Crippen molar-refractivity contribution in [2.75, 3.05) is 0 Å². The number of carbonyl (C=O) groups is 2. The van der Waals surface area contributed by atoms with Gasteiger partial charge in [-0.2, -0.15) is 0 Å². The molecule has 0 heterocycles. The van der Waals surface area contributed by atoms with Gasteiger partial charge in [-0.25, -0.2) is 0 Å². The molecule has 0 rings (SSSR count). The van der Waals surface area contributed by atoms with Gasteiger partial charge in [-0.1, -0.05) is 20.4 Å². The SMILES string of the molecule is C=C(C(=O)/C(C)=C(\O)[C@](C)(O)C(C)=O)C(C)C. The van der Waals surface area contributed by atoms with E-state index in [4.69, 9.17) is 0 Å². The van der Waals surface area contributed by atoms with E-state index in [-0.39, 0.29) is 11.5 Å². The zero-order valence-electron chi connectivity index (χ0n) is 11.0. The van der Waals surface area contributed by atoms with Gasteiger partial charge in [0.1, 0.15) is 5.76 Å². The molecule has 0 aromatic heterocycles. The fourth-order valence-corrected chi connectivity index (χ4v) is 1.14. The van der Waals surface area contributed by atoms with Gasteiger partial charge in [0, 0.05) is 5.57 Å². The van der Waals surface area contributed by atoms with E-state index in [1.807, 2.05) is 0 Å². The third-order valence-electron chi connectivity index (χ3n) is 2.83. The Balaban J connectivity index is 5.41. The van der Waals surface area contributed by atoms with Crippen molar-refractivity contribution in [1.82, 2.24) is 0 Å². The van der Waals surface area contributed by atoms with Gasteiger partial charge in [0.25, 0.3) is 0 Å². The van der Waals surface area contributed by atoms with Crippen molar-refractivity contribution in [2.24, 2.45) is 5.92 Å². The smallest absolute Gasteiger partial charge is 0.187 e. The molecule has 0 fully saturated rings. The first-order valence-electron chi connectivity index (χ1n) is 5.40. The summed E-state index contributed by atoms with van der Waals surface area (Å²) in [6.07, 6.45) is 0. The Bertz CT molecular complexity index is 386. The highest BCUT2D eigenvalue weighted by molar-refractivity contribution is 6.08. The summed E-state index contributed by atoms with van der Waals surface area (Å²) in [5, 5.41) is 19.5. The number of aliphatic hydroxyl groups is 2. The van der Waals surface area contributed by atoms with Gasteiger partial charge in [0.2, 0.25) is 0 Å². The lowest BCUT2D eigenvalue weighted by Gasteiger charge is -2.21. The summed E-state index contributed by atoms with van der Waals surface area (Å²) < 4.78 is 0. The monoisotopic (exact) mass is 240 g/mol. The van der Waals surface area contributed by atoms with Crippen LogP contribution in [-0.4, -0.2) is 27.4 Å². The maximum absolute atomic E-state index is 11.9. The molecule has 0 saturated heterocycles. The van der Waals surface area contributed by atoms with Crippen LogP contribution in [0.15, 0.2) is 23.5 Å². The lowest BCUT2D eigenvalue weighted by molar-refractivity contribution is -0.132. The van der Waals surface area contributed by atoms with Crippen LogP contribution in [0.25, 0.3) is 0 Å². The number of hydrogen-bond acceptors (Lipinski definition) is 4. The fourth-order valence-electron chi connectivity index (χ4n) is 1.14. The molecule has 0 radical (unpaired) electrons. The Hall–Kier alpha value is -1.42. The molecule has 0 aromatic rings. The van der Waals surface area contributed by atoms with Crippen LogP contribution in [0.1, 0.15) is 34.6 Å². The molecule has 96 valence electrons. The van der Waals surface area contributed by atoms with E-state index in [9.17, 15) is 19.8 Å². The van der Waals surface area contributed by atoms with Crippen LogP contribution >= 0.6 is 0 Å². The van der Waals surface area contributed by atoms with Gasteiger partial charge in [-0.05, 0) is 32.3 Å². The maximum Gasteiger partial charge on any atom is 0.187 e. The minimum Gasteiger partial charge on any atom is -0.508 e. The van der Waals surface area contributed by atoms with E-state index >= 15 is 0 Å². The Morgan fingerprint density at radius 1 is 1.24 bits per heavy atom. The van der Waals surface area contributed by atoms with Crippen molar-refractivity contribution < 1.29 is 19.8 Å². The zero-order valence-corrected chi connectivity index (χ0v) is 11.0. The van der Waals surface area contributed by atoms with Crippen molar-refractivity contribution in [3.63, 3.8) is 0 Å². The number of ketones is 2. The molecule has 17 heavy (non-hydrogen) atoms. The topological polar surface area (TPSA) is 74.6 Å². The first kappa shape index (κ1) is 15.6. The van der Waals surface area contributed by atoms with Crippen LogP contribution in [0.5, 0.6) is 0 Å². The van der Waals surface area contributed by atoms with Crippen LogP contribution in [0.3, 0.4) is 0 Å². The molecule has 4 heteroatoms. The first-order valence-corrected chi connectivity index (χ1v) is 5.40. The van der Waals surface area contributed by atoms with Crippen molar-refractivity contribution in [2.45, 2.75) is 40.2 Å². The van der Waals surface area contributed by atoms with E-state index in [1.165, 1.54) is 6.92 Å². The van der Waals surface area contributed by atoms with Crippen LogP contribution in [0.4, 0.5) is 0 Å². The molecule has 0 amide bonds. The Labute approximate surface area is 102 Å². The summed E-state index contributed by atoms with van der Waals surface area (Å²) in [5.41, 5.74) is -1.76.